The van der Waals surface area contributed by atoms with Gasteiger partial charge in [0, 0.05) is 31.9 Å². The molecule has 0 bridgehead atoms. The molecule has 0 spiro atoms. The van der Waals surface area contributed by atoms with Crippen molar-refractivity contribution < 1.29 is 9.53 Å². The molecule has 1 amide bonds. The van der Waals surface area contributed by atoms with E-state index in [9.17, 15) is 4.79 Å². The number of aryl methyl sites for hydroxylation is 3. The van der Waals surface area contributed by atoms with Crippen molar-refractivity contribution >= 4 is 32.6 Å². The smallest absolute Gasteiger partial charge is 0.272 e. The SMILES string of the molecule is COc1ccc(C)c2sc(N3CCC(NC(=O)c4cc(C)n(C)n4)CC3)nc12. The van der Waals surface area contributed by atoms with Crippen molar-refractivity contribution in [1.82, 2.24) is 20.1 Å². The van der Waals surface area contributed by atoms with E-state index in [1.165, 1.54) is 10.3 Å². The average Bonchev–Trinajstić information content (AvgIpc) is 3.28. The van der Waals surface area contributed by atoms with Crippen LogP contribution in [0.1, 0.15) is 34.6 Å². The van der Waals surface area contributed by atoms with Crippen LogP contribution in [0.15, 0.2) is 18.2 Å². The zero-order valence-electron chi connectivity index (χ0n) is 16.7. The third-order valence-corrected chi connectivity index (χ3v) is 6.61. The summed E-state index contributed by atoms with van der Waals surface area (Å²) in [5.41, 5.74) is 3.61. The number of amides is 1. The second-order valence-corrected chi connectivity index (χ2v) is 8.27. The van der Waals surface area contributed by atoms with Crippen LogP contribution in [0.25, 0.3) is 10.2 Å². The summed E-state index contributed by atoms with van der Waals surface area (Å²) in [4.78, 5) is 19.6. The summed E-state index contributed by atoms with van der Waals surface area (Å²) in [6, 6.07) is 6.03. The Kier molecular flexibility index (Phi) is 4.97. The van der Waals surface area contributed by atoms with Crippen molar-refractivity contribution in [2.45, 2.75) is 32.7 Å². The number of aromatic nitrogens is 3. The van der Waals surface area contributed by atoms with Crippen LogP contribution in [0.5, 0.6) is 5.75 Å². The lowest BCUT2D eigenvalue weighted by atomic mass is 10.1. The number of ether oxygens (including phenoxy) is 1. The van der Waals surface area contributed by atoms with Gasteiger partial charge in [-0.25, -0.2) is 4.98 Å². The first kappa shape index (κ1) is 18.7. The number of benzene rings is 1. The van der Waals surface area contributed by atoms with Crippen molar-refractivity contribution in [3.63, 3.8) is 0 Å². The number of nitrogens with zero attached hydrogens (tertiary/aromatic N) is 4. The summed E-state index contributed by atoms with van der Waals surface area (Å²) >= 11 is 1.71. The third kappa shape index (κ3) is 3.44. The Labute approximate surface area is 168 Å². The molecule has 1 N–H and O–H groups in total. The summed E-state index contributed by atoms with van der Waals surface area (Å²) in [5.74, 6) is 0.721. The van der Waals surface area contributed by atoms with Gasteiger partial charge in [0.2, 0.25) is 0 Å². The van der Waals surface area contributed by atoms with E-state index in [0.717, 1.165) is 48.0 Å². The Bertz CT molecular complexity index is 998. The van der Waals surface area contributed by atoms with Crippen LogP contribution in [-0.2, 0) is 7.05 Å². The Balaban J connectivity index is 1.42. The molecule has 28 heavy (non-hydrogen) atoms. The maximum absolute atomic E-state index is 12.4. The first-order valence-electron chi connectivity index (χ1n) is 9.47. The van der Waals surface area contributed by atoms with E-state index in [4.69, 9.17) is 9.72 Å². The van der Waals surface area contributed by atoms with E-state index in [0.29, 0.717) is 5.69 Å². The Hall–Kier alpha value is -2.61. The second kappa shape index (κ2) is 7.43. The Morgan fingerprint density at radius 3 is 2.68 bits per heavy atom. The molecule has 1 aliphatic rings. The Morgan fingerprint density at radius 2 is 2.04 bits per heavy atom. The van der Waals surface area contributed by atoms with Crippen LogP contribution >= 0.6 is 11.3 Å². The summed E-state index contributed by atoms with van der Waals surface area (Å²) in [5, 5.41) is 8.41. The van der Waals surface area contributed by atoms with E-state index in [2.05, 4.69) is 28.3 Å². The summed E-state index contributed by atoms with van der Waals surface area (Å²) < 4.78 is 8.37. The lowest BCUT2D eigenvalue weighted by molar-refractivity contribution is 0.0925. The normalized spacial score (nSPS) is 15.2. The molecule has 3 heterocycles. The van der Waals surface area contributed by atoms with Crippen molar-refractivity contribution in [1.29, 1.82) is 0 Å². The van der Waals surface area contributed by atoms with Gasteiger partial charge in [0.15, 0.2) is 5.13 Å². The summed E-state index contributed by atoms with van der Waals surface area (Å²) in [6.45, 7) is 5.78. The summed E-state index contributed by atoms with van der Waals surface area (Å²) in [7, 11) is 3.53. The number of fused-ring (bicyclic) bond motifs is 1. The molecule has 148 valence electrons. The van der Waals surface area contributed by atoms with Crippen LogP contribution in [-0.4, -0.2) is 46.9 Å². The molecule has 1 aromatic carbocycles. The number of methoxy groups -OCH3 is 1. The molecule has 0 saturated carbocycles. The fraction of sp³-hybridized carbons (Fsp3) is 0.450. The highest BCUT2D eigenvalue weighted by molar-refractivity contribution is 7.22. The predicted molar refractivity (Wildman–Crippen MR) is 112 cm³/mol. The van der Waals surface area contributed by atoms with Gasteiger partial charge in [0.05, 0.1) is 11.8 Å². The maximum Gasteiger partial charge on any atom is 0.272 e. The minimum absolute atomic E-state index is 0.0949. The van der Waals surface area contributed by atoms with Gasteiger partial charge in [-0.05, 0) is 44.4 Å². The number of carbonyl (C=O) groups is 1. The van der Waals surface area contributed by atoms with Gasteiger partial charge in [-0.3, -0.25) is 9.48 Å². The van der Waals surface area contributed by atoms with E-state index in [1.54, 1.807) is 23.1 Å². The molecule has 4 rings (SSSR count). The highest BCUT2D eigenvalue weighted by atomic mass is 32.1. The fourth-order valence-corrected chi connectivity index (χ4v) is 4.65. The van der Waals surface area contributed by atoms with Gasteiger partial charge in [0.25, 0.3) is 5.91 Å². The minimum atomic E-state index is -0.0949. The molecule has 1 aliphatic heterocycles. The van der Waals surface area contributed by atoms with Crippen LogP contribution in [0.3, 0.4) is 0 Å². The molecule has 7 nitrogen and oxygen atoms in total. The highest BCUT2D eigenvalue weighted by Crippen LogP contribution is 2.37. The minimum Gasteiger partial charge on any atom is -0.494 e. The highest BCUT2D eigenvalue weighted by Gasteiger charge is 2.24. The maximum atomic E-state index is 12.4. The molecule has 8 heteroatoms. The number of anilines is 1. The molecule has 0 atom stereocenters. The number of thiazole rings is 1. The van der Waals surface area contributed by atoms with E-state index >= 15 is 0 Å². The summed E-state index contributed by atoms with van der Waals surface area (Å²) in [6.07, 6.45) is 1.78. The van der Waals surface area contributed by atoms with Gasteiger partial charge in [-0.2, -0.15) is 5.10 Å². The van der Waals surface area contributed by atoms with E-state index in [-0.39, 0.29) is 11.9 Å². The monoisotopic (exact) mass is 399 g/mol. The van der Waals surface area contributed by atoms with E-state index in [1.807, 2.05) is 26.1 Å². The van der Waals surface area contributed by atoms with Crippen LogP contribution in [0.4, 0.5) is 5.13 Å². The number of hydrogen-bond acceptors (Lipinski definition) is 6. The topological polar surface area (TPSA) is 72.3 Å². The molecule has 2 aromatic heterocycles. The molecular formula is C20H25N5O2S. The number of nitrogens with one attached hydrogen (secondary N) is 1. The zero-order chi connectivity index (χ0) is 19.8. The second-order valence-electron chi connectivity index (χ2n) is 7.29. The molecular weight excluding hydrogens is 374 g/mol. The van der Waals surface area contributed by atoms with Crippen LogP contribution < -0.4 is 15.0 Å². The molecule has 3 aromatic rings. The largest absolute Gasteiger partial charge is 0.494 e. The Morgan fingerprint density at radius 1 is 1.29 bits per heavy atom. The van der Waals surface area contributed by atoms with Crippen LogP contribution in [0, 0.1) is 13.8 Å². The van der Waals surface area contributed by atoms with Gasteiger partial charge in [0.1, 0.15) is 17.0 Å². The van der Waals surface area contributed by atoms with Gasteiger partial charge < -0.3 is 15.0 Å². The lowest BCUT2D eigenvalue weighted by Crippen LogP contribution is -2.44. The third-order valence-electron chi connectivity index (χ3n) is 5.36. The van der Waals surface area contributed by atoms with Gasteiger partial charge in [-0.15, -0.1) is 0 Å². The molecule has 0 unspecified atom stereocenters. The molecule has 0 aliphatic carbocycles. The first-order valence-corrected chi connectivity index (χ1v) is 10.3. The fourth-order valence-electron chi connectivity index (χ4n) is 3.54. The number of carbonyl (C=O) groups excluding carboxylic acids is 1. The standard InChI is InChI=1S/C20H25N5O2S/c1-12-5-6-16(27-4)17-18(12)28-20(22-17)25-9-7-14(8-10-25)21-19(26)15-11-13(2)24(3)23-15/h5-6,11,14H,7-10H2,1-4H3,(H,21,26). The molecule has 1 saturated heterocycles. The lowest BCUT2D eigenvalue weighted by Gasteiger charge is -2.32. The number of hydrogen-bond donors (Lipinski definition) is 1. The van der Waals surface area contributed by atoms with Crippen molar-refractivity contribution in [2.75, 3.05) is 25.1 Å². The predicted octanol–water partition coefficient (Wildman–Crippen LogP) is 3.05. The van der Waals surface area contributed by atoms with Crippen molar-refractivity contribution in [2.24, 2.45) is 7.05 Å². The van der Waals surface area contributed by atoms with Crippen molar-refractivity contribution in [3.8, 4) is 5.75 Å². The molecule has 1 fully saturated rings. The number of piperidine rings is 1. The van der Waals surface area contributed by atoms with Gasteiger partial charge >= 0.3 is 0 Å². The molecule has 0 radical (unpaired) electrons. The quantitative estimate of drug-likeness (QED) is 0.730. The number of rotatable bonds is 4. The average molecular weight is 400 g/mol. The first-order chi connectivity index (χ1) is 13.5. The van der Waals surface area contributed by atoms with Gasteiger partial charge in [-0.1, -0.05) is 17.4 Å². The van der Waals surface area contributed by atoms with Crippen LogP contribution in [0.2, 0.25) is 0 Å². The van der Waals surface area contributed by atoms with E-state index < -0.39 is 0 Å². The zero-order valence-corrected chi connectivity index (χ0v) is 17.5. The van der Waals surface area contributed by atoms with Crippen molar-refractivity contribution in [3.05, 3.63) is 35.2 Å².